The maximum atomic E-state index is 13.1. The lowest BCUT2D eigenvalue weighted by molar-refractivity contribution is 0.363. The normalized spacial score (nSPS) is 16.0. The quantitative estimate of drug-likeness (QED) is 0.325. The summed E-state index contributed by atoms with van der Waals surface area (Å²) in [5.41, 5.74) is 2.50. The summed E-state index contributed by atoms with van der Waals surface area (Å²) in [6.07, 6.45) is 3.03. The Hall–Kier alpha value is -1.71. The predicted octanol–water partition coefficient (Wildman–Crippen LogP) is 3.75. The Labute approximate surface area is 166 Å². The smallest absolute Gasteiger partial charge is 0.283 e. The zero-order valence-electron chi connectivity index (χ0n) is 14.0. The van der Waals surface area contributed by atoms with Crippen molar-refractivity contribution in [3.05, 3.63) is 66.4 Å². The average molecular weight is 479 g/mol. The van der Waals surface area contributed by atoms with Gasteiger partial charge < -0.3 is 0 Å². The van der Waals surface area contributed by atoms with Gasteiger partial charge in [0.2, 0.25) is 0 Å². The van der Waals surface area contributed by atoms with E-state index in [1.54, 1.807) is 30.3 Å². The van der Waals surface area contributed by atoms with Crippen LogP contribution in [0.5, 0.6) is 0 Å². The van der Waals surface area contributed by atoms with Crippen LogP contribution in [0.1, 0.15) is 12.1 Å². The van der Waals surface area contributed by atoms with Crippen LogP contribution < -0.4 is 0 Å². The topological polar surface area (TPSA) is 55.2 Å². The first-order chi connectivity index (χ1) is 12.6. The third-order valence-corrected chi connectivity index (χ3v) is 7.16. The van der Waals surface area contributed by atoms with E-state index in [-0.39, 0.29) is 4.90 Å². The molecule has 0 spiro atoms. The highest BCUT2D eigenvalue weighted by molar-refractivity contribution is 14.1. The fourth-order valence-electron chi connectivity index (χ4n) is 3.19. The number of hydrogen-bond acceptors (Lipinski definition) is 4. The minimum absolute atomic E-state index is 0.244. The number of rotatable bonds is 4. The van der Waals surface area contributed by atoms with Gasteiger partial charge >= 0.3 is 0 Å². The lowest BCUT2D eigenvalue weighted by Crippen LogP contribution is -2.27. The Bertz CT molecular complexity index is 1070. The molecule has 1 aliphatic heterocycles. The van der Waals surface area contributed by atoms with Crippen molar-refractivity contribution < 1.29 is 8.42 Å². The maximum Gasteiger partial charge on any atom is 0.283 e. The van der Waals surface area contributed by atoms with E-state index >= 15 is 0 Å². The van der Waals surface area contributed by atoms with Gasteiger partial charge in [0.25, 0.3) is 10.0 Å². The van der Waals surface area contributed by atoms with E-state index in [9.17, 15) is 8.42 Å². The van der Waals surface area contributed by atoms with Gasteiger partial charge in [-0.2, -0.15) is 17.6 Å². The minimum Gasteiger partial charge on any atom is -0.290 e. The van der Waals surface area contributed by atoms with Crippen LogP contribution in [0.25, 0.3) is 16.5 Å². The first-order valence-corrected chi connectivity index (χ1v) is 11.3. The van der Waals surface area contributed by atoms with E-state index in [2.05, 4.69) is 38.7 Å². The first-order valence-electron chi connectivity index (χ1n) is 8.37. The molecular formula is C19H18IN3O2S. The molecule has 0 fully saturated rings. The van der Waals surface area contributed by atoms with Crippen LogP contribution >= 0.6 is 22.6 Å². The third-order valence-electron chi connectivity index (χ3n) is 4.59. The van der Waals surface area contributed by atoms with Gasteiger partial charge in [0, 0.05) is 18.5 Å². The van der Waals surface area contributed by atoms with E-state index in [0.29, 0.717) is 5.52 Å². The second kappa shape index (κ2) is 7.13. The molecule has 1 aliphatic rings. The van der Waals surface area contributed by atoms with Crippen molar-refractivity contribution in [3.8, 4) is 0 Å². The zero-order chi connectivity index (χ0) is 18.1. The highest BCUT2D eigenvalue weighted by atomic mass is 127. The summed E-state index contributed by atoms with van der Waals surface area (Å²) in [6, 6.07) is 16.0. The number of halogens is 1. The van der Waals surface area contributed by atoms with Gasteiger partial charge in [-0.25, -0.2) is 0 Å². The van der Waals surface area contributed by atoms with Crippen LogP contribution in [0.2, 0.25) is 0 Å². The molecule has 134 valence electrons. The van der Waals surface area contributed by atoms with Crippen molar-refractivity contribution >= 4 is 49.1 Å². The minimum atomic E-state index is -3.73. The van der Waals surface area contributed by atoms with Gasteiger partial charge in [-0.1, -0.05) is 65.1 Å². The van der Waals surface area contributed by atoms with E-state index in [1.807, 2.05) is 24.3 Å². The predicted molar refractivity (Wildman–Crippen MR) is 112 cm³/mol. The van der Waals surface area contributed by atoms with Crippen molar-refractivity contribution in [2.75, 3.05) is 17.6 Å². The van der Waals surface area contributed by atoms with Crippen molar-refractivity contribution in [1.29, 1.82) is 0 Å². The summed E-state index contributed by atoms with van der Waals surface area (Å²) in [5, 5.41) is 5.43. The van der Waals surface area contributed by atoms with Crippen molar-refractivity contribution in [2.24, 2.45) is 0 Å². The third kappa shape index (κ3) is 3.08. The fraction of sp³-hybridized carbons (Fsp3) is 0.211. The number of para-hydroxylation sites is 1. The highest BCUT2D eigenvalue weighted by Gasteiger charge is 2.24. The summed E-state index contributed by atoms with van der Waals surface area (Å²) in [4.78, 5) is 2.58. The van der Waals surface area contributed by atoms with E-state index < -0.39 is 10.0 Å². The Morgan fingerprint density at radius 1 is 1.04 bits per heavy atom. The summed E-state index contributed by atoms with van der Waals surface area (Å²) < 4.78 is 28.4. The molecule has 0 saturated carbocycles. The molecule has 5 nitrogen and oxygen atoms in total. The van der Waals surface area contributed by atoms with Crippen LogP contribution in [-0.4, -0.2) is 40.1 Å². The molecule has 0 saturated heterocycles. The van der Waals surface area contributed by atoms with E-state index in [1.165, 1.54) is 4.09 Å². The molecule has 0 unspecified atom stereocenters. The van der Waals surface area contributed by atoms with Gasteiger partial charge in [-0.05, 0) is 30.2 Å². The maximum absolute atomic E-state index is 13.1. The Morgan fingerprint density at radius 2 is 1.77 bits per heavy atom. The lowest BCUT2D eigenvalue weighted by Gasteiger charge is -2.23. The molecule has 0 amide bonds. The van der Waals surface area contributed by atoms with E-state index in [0.717, 1.165) is 40.7 Å². The van der Waals surface area contributed by atoms with Crippen molar-refractivity contribution in [1.82, 2.24) is 14.1 Å². The number of nitrogens with zero attached hydrogens (tertiary/aromatic N) is 3. The highest BCUT2D eigenvalue weighted by Crippen LogP contribution is 2.30. The number of aromatic nitrogens is 2. The summed E-state index contributed by atoms with van der Waals surface area (Å²) in [6.45, 7) is 1.83. The summed E-state index contributed by atoms with van der Waals surface area (Å²) in [5.74, 6) is 0. The van der Waals surface area contributed by atoms with Crippen LogP contribution in [0.3, 0.4) is 0 Å². The van der Waals surface area contributed by atoms with Crippen LogP contribution in [0, 0.1) is 0 Å². The number of hydrogen-bond donors (Lipinski definition) is 0. The van der Waals surface area contributed by atoms with Crippen molar-refractivity contribution in [3.63, 3.8) is 0 Å². The molecule has 0 radical (unpaired) electrons. The molecule has 1 aromatic heterocycles. The molecule has 2 aromatic carbocycles. The molecule has 26 heavy (non-hydrogen) atoms. The fourth-order valence-corrected chi connectivity index (χ4v) is 5.11. The van der Waals surface area contributed by atoms with E-state index in [4.69, 9.17) is 0 Å². The number of fused-ring (bicyclic) bond motifs is 1. The summed E-state index contributed by atoms with van der Waals surface area (Å²) >= 11 is 2.36. The molecular weight excluding hydrogens is 461 g/mol. The summed E-state index contributed by atoms with van der Waals surface area (Å²) in [7, 11) is -3.73. The first kappa shape index (κ1) is 17.7. The standard InChI is InChI=1S/C19H18IN3O2S/c20-14-22-12-10-15(11-13-22)19-17-8-4-5-9-18(17)23(21-19)26(24,25)16-6-2-1-3-7-16/h1-10H,11-14H2. The number of alkyl halides is 1. The molecule has 2 heterocycles. The molecule has 0 aliphatic carbocycles. The van der Waals surface area contributed by atoms with Gasteiger partial charge in [0.05, 0.1) is 20.7 Å². The number of benzene rings is 2. The molecule has 0 N–H and O–H groups in total. The van der Waals surface area contributed by atoms with Crippen LogP contribution in [0.15, 0.2) is 65.6 Å². The molecule has 0 bridgehead atoms. The van der Waals surface area contributed by atoms with Gasteiger partial charge in [0.1, 0.15) is 0 Å². The SMILES string of the molecule is O=S(=O)(c1ccccc1)n1nc(C2=CCN(CI)CC2)c2ccccc21. The van der Waals surface area contributed by atoms with Gasteiger partial charge in [-0.3, -0.25) is 4.90 Å². The van der Waals surface area contributed by atoms with Gasteiger partial charge in [-0.15, -0.1) is 0 Å². The Kier molecular flexibility index (Phi) is 4.85. The molecule has 4 rings (SSSR count). The largest absolute Gasteiger partial charge is 0.290 e. The zero-order valence-corrected chi connectivity index (χ0v) is 17.0. The monoisotopic (exact) mass is 479 g/mol. The van der Waals surface area contributed by atoms with Crippen LogP contribution in [-0.2, 0) is 10.0 Å². The molecule has 7 heteroatoms. The van der Waals surface area contributed by atoms with Crippen LogP contribution in [0.4, 0.5) is 0 Å². The lowest BCUT2D eigenvalue weighted by atomic mass is 10.0. The second-order valence-corrected chi connectivity index (χ2v) is 8.65. The molecule has 3 aromatic rings. The van der Waals surface area contributed by atoms with Gasteiger partial charge in [0.15, 0.2) is 0 Å². The second-order valence-electron chi connectivity index (χ2n) is 6.20. The van der Waals surface area contributed by atoms with Crippen molar-refractivity contribution in [2.45, 2.75) is 11.3 Å². The Balaban J connectivity index is 1.87. The Morgan fingerprint density at radius 3 is 2.46 bits per heavy atom. The molecule has 0 atom stereocenters. The average Bonchev–Trinajstić information content (AvgIpc) is 3.09.